The summed E-state index contributed by atoms with van der Waals surface area (Å²) in [4.78, 5) is 20.5. The average Bonchev–Trinajstić information content (AvgIpc) is 2.71. The predicted octanol–water partition coefficient (Wildman–Crippen LogP) is 2.57. The number of nitrogens with one attached hydrogen (secondary N) is 1. The molecular formula is C14H21N5O. The summed E-state index contributed by atoms with van der Waals surface area (Å²) in [5, 5.41) is 7.96. The first-order valence-corrected chi connectivity index (χ1v) is 6.61. The van der Waals surface area contributed by atoms with Crippen LogP contribution in [0.4, 0.5) is 5.82 Å². The number of nitrogens with zero attached hydrogens (tertiary/aromatic N) is 4. The van der Waals surface area contributed by atoms with Crippen LogP contribution in [0.1, 0.15) is 41.5 Å². The lowest BCUT2D eigenvalue weighted by molar-refractivity contribution is -0.123. The maximum absolute atomic E-state index is 12.1. The van der Waals surface area contributed by atoms with Gasteiger partial charge in [0.25, 0.3) is 0 Å². The second-order valence-corrected chi connectivity index (χ2v) is 6.89. The fraction of sp³-hybridized carbons (Fsp3) is 0.571. The Balaban J connectivity index is 2.47. The monoisotopic (exact) mass is 275 g/mol. The van der Waals surface area contributed by atoms with Gasteiger partial charge in [-0.3, -0.25) is 4.79 Å². The first-order valence-electron chi connectivity index (χ1n) is 6.61. The summed E-state index contributed by atoms with van der Waals surface area (Å²) in [6.45, 7) is 11.7. The Morgan fingerprint density at radius 1 is 1.15 bits per heavy atom. The Bertz CT molecular complexity index is 646. The van der Waals surface area contributed by atoms with Crippen LogP contribution < -0.4 is 5.32 Å². The van der Waals surface area contributed by atoms with Crippen LogP contribution in [-0.4, -0.2) is 25.7 Å². The maximum Gasteiger partial charge on any atom is 0.230 e. The summed E-state index contributed by atoms with van der Waals surface area (Å²) in [5.74, 6) is 0.423. The average molecular weight is 275 g/mol. The van der Waals surface area contributed by atoms with Crippen molar-refractivity contribution in [3.63, 3.8) is 0 Å². The zero-order valence-corrected chi connectivity index (χ0v) is 12.9. The summed E-state index contributed by atoms with van der Waals surface area (Å²) in [6.07, 6.45) is 3.14. The third kappa shape index (κ3) is 2.64. The Morgan fingerprint density at radius 3 is 2.35 bits per heavy atom. The van der Waals surface area contributed by atoms with Crippen molar-refractivity contribution in [3.8, 4) is 0 Å². The molecule has 0 bridgehead atoms. The molecule has 0 unspecified atom stereocenters. The Morgan fingerprint density at radius 2 is 1.80 bits per heavy atom. The quantitative estimate of drug-likeness (QED) is 0.868. The zero-order chi connectivity index (χ0) is 15.1. The predicted molar refractivity (Wildman–Crippen MR) is 78.4 cm³/mol. The molecule has 6 heteroatoms. The molecule has 0 saturated heterocycles. The van der Waals surface area contributed by atoms with Crippen molar-refractivity contribution in [2.45, 2.75) is 47.1 Å². The molecule has 0 aliphatic carbocycles. The van der Waals surface area contributed by atoms with Gasteiger partial charge in [-0.05, 0) is 20.8 Å². The first kappa shape index (κ1) is 14.4. The normalized spacial score (nSPS) is 12.7. The zero-order valence-electron chi connectivity index (χ0n) is 12.9. The molecule has 0 saturated carbocycles. The van der Waals surface area contributed by atoms with E-state index in [2.05, 4.69) is 41.2 Å². The van der Waals surface area contributed by atoms with Gasteiger partial charge in [-0.2, -0.15) is 5.10 Å². The molecule has 0 atom stereocenters. The third-order valence-corrected chi connectivity index (χ3v) is 2.91. The molecule has 6 nitrogen and oxygen atoms in total. The standard InChI is InChI=1S/C14H21N5O/c1-13(2,3)12(20)18-10-9-7-17-19(14(4,5)6)11(9)16-8-15-10/h7-8H,1-6H3,(H,15,16,18,20). The van der Waals surface area contributed by atoms with Gasteiger partial charge in [-0.1, -0.05) is 20.8 Å². The van der Waals surface area contributed by atoms with Gasteiger partial charge >= 0.3 is 0 Å². The lowest BCUT2D eigenvalue weighted by Gasteiger charge is -2.20. The number of anilines is 1. The van der Waals surface area contributed by atoms with E-state index in [1.807, 2.05) is 25.5 Å². The molecule has 0 aromatic carbocycles. The summed E-state index contributed by atoms with van der Waals surface area (Å²) < 4.78 is 1.83. The molecule has 0 radical (unpaired) electrons. The van der Waals surface area contributed by atoms with Crippen LogP contribution in [0.3, 0.4) is 0 Å². The van der Waals surface area contributed by atoms with Crippen LogP contribution in [0.2, 0.25) is 0 Å². The minimum Gasteiger partial charge on any atom is -0.310 e. The van der Waals surface area contributed by atoms with Gasteiger partial charge in [-0.15, -0.1) is 0 Å². The van der Waals surface area contributed by atoms with Crippen LogP contribution in [0.15, 0.2) is 12.5 Å². The number of hydrogen-bond acceptors (Lipinski definition) is 4. The molecule has 2 rings (SSSR count). The van der Waals surface area contributed by atoms with Gasteiger partial charge in [-0.25, -0.2) is 14.6 Å². The molecule has 0 fully saturated rings. The second kappa shape index (κ2) is 4.54. The van der Waals surface area contributed by atoms with Crippen molar-refractivity contribution < 1.29 is 4.79 Å². The van der Waals surface area contributed by atoms with Crippen molar-refractivity contribution in [3.05, 3.63) is 12.5 Å². The van der Waals surface area contributed by atoms with Gasteiger partial charge in [0.15, 0.2) is 5.65 Å². The molecule has 108 valence electrons. The number of rotatable bonds is 1. The van der Waals surface area contributed by atoms with E-state index in [9.17, 15) is 4.79 Å². The van der Waals surface area contributed by atoms with Crippen LogP contribution in [0, 0.1) is 5.41 Å². The van der Waals surface area contributed by atoms with Crippen molar-refractivity contribution in [1.29, 1.82) is 0 Å². The van der Waals surface area contributed by atoms with Crippen molar-refractivity contribution >= 4 is 22.8 Å². The summed E-state index contributed by atoms with van der Waals surface area (Å²) in [5.41, 5.74) is 0.0651. The number of aromatic nitrogens is 4. The molecule has 1 amide bonds. The summed E-state index contributed by atoms with van der Waals surface area (Å²) in [7, 11) is 0. The highest BCUT2D eigenvalue weighted by Crippen LogP contribution is 2.25. The van der Waals surface area contributed by atoms with Gasteiger partial charge in [0.2, 0.25) is 5.91 Å². The molecule has 1 N–H and O–H groups in total. The minimum absolute atomic E-state index is 0.0824. The Hall–Kier alpha value is -1.98. The minimum atomic E-state index is -0.475. The molecule has 2 aromatic heterocycles. The highest BCUT2D eigenvalue weighted by atomic mass is 16.2. The lowest BCUT2D eigenvalue weighted by Crippen LogP contribution is -2.28. The molecule has 0 aliphatic rings. The van der Waals surface area contributed by atoms with Crippen LogP contribution in [0.5, 0.6) is 0 Å². The van der Waals surface area contributed by atoms with E-state index in [0.717, 1.165) is 11.0 Å². The molecule has 0 aliphatic heterocycles. The number of carbonyl (C=O) groups excluding carboxylic acids is 1. The van der Waals surface area contributed by atoms with Gasteiger partial charge in [0, 0.05) is 5.41 Å². The fourth-order valence-electron chi connectivity index (χ4n) is 1.73. The first-order chi connectivity index (χ1) is 9.10. The number of fused-ring (bicyclic) bond motifs is 1. The van der Waals surface area contributed by atoms with E-state index in [0.29, 0.717) is 5.82 Å². The Labute approximate surface area is 118 Å². The van der Waals surface area contributed by atoms with Gasteiger partial charge < -0.3 is 5.32 Å². The smallest absolute Gasteiger partial charge is 0.230 e. The Kier molecular flexibility index (Phi) is 3.28. The number of hydrogen-bond donors (Lipinski definition) is 1. The van der Waals surface area contributed by atoms with Crippen molar-refractivity contribution in [1.82, 2.24) is 19.7 Å². The van der Waals surface area contributed by atoms with E-state index in [-0.39, 0.29) is 11.4 Å². The van der Waals surface area contributed by atoms with E-state index in [4.69, 9.17) is 0 Å². The largest absolute Gasteiger partial charge is 0.310 e. The molecule has 2 heterocycles. The third-order valence-electron chi connectivity index (χ3n) is 2.91. The molecule has 20 heavy (non-hydrogen) atoms. The highest BCUT2D eigenvalue weighted by Gasteiger charge is 2.24. The van der Waals surface area contributed by atoms with E-state index in [1.165, 1.54) is 6.33 Å². The molecule has 2 aromatic rings. The highest BCUT2D eigenvalue weighted by molar-refractivity contribution is 6.00. The van der Waals surface area contributed by atoms with Crippen LogP contribution in [0.25, 0.3) is 11.0 Å². The van der Waals surface area contributed by atoms with E-state index in [1.54, 1.807) is 6.20 Å². The van der Waals surface area contributed by atoms with E-state index < -0.39 is 5.41 Å². The SMILES string of the molecule is CC(C)(C)C(=O)Nc1ncnc2c1cnn2C(C)(C)C. The van der Waals surface area contributed by atoms with Gasteiger partial charge in [0.05, 0.1) is 17.1 Å². The van der Waals surface area contributed by atoms with Crippen molar-refractivity contribution in [2.75, 3.05) is 5.32 Å². The lowest BCUT2D eigenvalue weighted by atomic mass is 9.96. The molecule has 0 spiro atoms. The summed E-state index contributed by atoms with van der Waals surface area (Å²) in [6, 6.07) is 0. The number of amides is 1. The van der Waals surface area contributed by atoms with Gasteiger partial charge in [0.1, 0.15) is 12.1 Å². The maximum atomic E-state index is 12.1. The van der Waals surface area contributed by atoms with Crippen molar-refractivity contribution in [2.24, 2.45) is 5.41 Å². The van der Waals surface area contributed by atoms with Crippen LogP contribution in [-0.2, 0) is 10.3 Å². The number of carbonyl (C=O) groups is 1. The summed E-state index contributed by atoms with van der Waals surface area (Å²) >= 11 is 0. The fourth-order valence-corrected chi connectivity index (χ4v) is 1.73. The topological polar surface area (TPSA) is 72.7 Å². The van der Waals surface area contributed by atoms with Crippen LogP contribution >= 0.6 is 0 Å². The molecular weight excluding hydrogens is 254 g/mol. The second-order valence-electron chi connectivity index (χ2n) is 6.89. The van der Waals surface area contributed by atoms with E-state index >= 15 is 0 Å².